The minimum atomic E-state index is -4.43. The van der Waals surface area contributed by atoms with E-state index in [-0.39, 0.29) is 10.7 Å². The number of rotatable bonds is 3. The molecule has 0 saturated carbocycles. The van der Waals surface area contributed by atoms with Gasteiger partial charge in [-0.3, -0.25) is 0 Å². The Hall–Kier alpha value is -0.890. The second-order valence-corrected chi connectivity index (χ2v) is 5.14. The number of hydrogen-bond donors (Lipinski definition) is 1. The van der Waals surface area contributed by atoms with E-state index in [1.807, 2.05) is 6.92 Å². The number of anilines is 1. The van der Waals surface area contributed by atoms with E-state index < -0.39 is 11.2 Å². The molecular weight excluding hydrogens is 255 g/mol. The van der Waals surface area contributed by atoms with Gasteiger partial charge in [0.1, 0.15) is 0 Å². The zero-order chi connectivity index (χ0) is 12.5. The van der Waals surface area contributed by atoms with E-state index in [0.29, 0.717) is 24.5 Å². The van der Waals surface area contributed by atoms with E-state index in [1.54, 1.807) is 0 Å². The Morgan fingerprint density at radius 1 is 1.47 bits per heavy atom. The molecule has 2 rings (SSSR count). The molecule has 4 nitrogen and oxygen atoms in total. The summed E-state index contributed by atoms with van der Waals surface area (Å²) in [7, 11) is 0. The predicted molar refractivity (Wildman–Crippen MR) is 57.0 cm³/mol. The summed E-state index contributed by atoms with van der Waals surface area (Å²) in [6, 6.07) is 0. The van der Waals surface area contributed by atoms with Crippen LogP contribution in [-0.4, -0.2) is 29.0 Å². The van der Waals surface area contributed by atoms with E-state index in [1.165, 1.54) is 0 Å². The summed E-state index contributed by atoms with van der Waals surface area (Å²) in [4.78, 5) is 0. The third-order valence-corrected chi connectivity index (χ3v) is 3.51. The average molecular weight is 267 g/mol. The fourth-order valence-corrected chi connectivity index (χ4v) is 2.25. The normalized spacial score (nSPS) is 25.2. The number of nitrogens with zero attached hydrogens (tertiary/aromatic N) is 2. The molecule has 1 N–H and O–H groups in total. The second-order valence-electron chi connectivity index (χ2n) is 4.17. The van der Waals surface area contributed by atoms with Crippen LogP contribution in [-0.2, 0) is 10.9 Å². The highest BCUT2D eigenvalue weighted by Gasteiger charge is 2.36. The first kappa shape index (κ1) is 12.6. The van der Waals surface area contributed by atoms with Crippen molar-refractivity contribution in [3.05, 3.63) is 5.01 Å². The van der Waals surface area contributed by atoms with Crippen molar-refractivity contribution in [1.29, 1.82) is 0 Å². The van der Waals surface area contributed by atoms with Crippen molar-refractivity contribution in [3.8, 4) is 0 Å². The van der Waals surface area contributed by atoms with Crippen LogP contribution >= 0.6 is 11.3 Å². The summed E-state index contributed by atoms with van der Waals surface area (Å²) in [5, 5.41) is 8.63. The molecule has 2 heterocycles. The third-order valence-electron chi connectivity index (χ3n) is 2.58. The van der Waals surface area contributed by atoms with E-state index in [2.05, 4.69) is 15.5 Å². The van der Waals surface area contributed by atoms with Crippen LogP contribution in [0.1, 0.15) is 24.8 Å². The molecule has 1 atom stereocenters. The molecule has 0 radical (unpaired) electrons. The molecule has 0 spiro atoms. The molecule has 8 heteroatoms. The van der Waals surface area contributed by atoms with Crippen molar-refractivity contribution in [2.45, 2.75) is 31.5 Å². The van der Waals surface area contributed by atoms with Crippen LogP contribution in [0, 0.1) is 0 Å². The summed E-state index contributed by atoms with van der Waals surface area (Å²) >= 11 is 0.508. The van der Waals surface area contributed by atoms with Gasteiger partial charge < -0.3 is 10.1 Å². The Morgan fingerprint density at radius 2 is 2.24 bits per heavy atom. The fourth-order valence-electron chi connectivity index (χ4n) is 1.65. The predicted octanol–water partition coefficient (Wildman–Crippen LogP) is 2.54. The Kier molecular flexibility index (Phi) is 3.26. The number of halogens is 3. The molecule has 1 aliphatic heterocycles. The van der Waals surface area contributed by atoms with Gasteiger partial charge in [-0.15, -0.1) is 10.2 Å². The highest BCUT2D eigenvalue weighted by molar-refractivity contribution is 7.15. The van der Waals surface area contributed by atoms with Crippen molar-refractivity contribution >= 4 is 16.5 Å². The molecule has 0 bridgehead atoms. The van der Waals surface area contributed by atoms with Crippen LogP contribution < -0.4 is 5.32 Å². The summed E-state index contributed by atoms with van der Waals surface area (Å²) in [6.45, 7) is 3.07. The molecule has 17 heavy (non-hydrogen) atoms. The van der Waals surface area contributed by atoms with Crippen LogP contribution in [0.4, 0.5) is 18.3 Å². The lowest BCUT2D eigenvalue weighted by Crippen LogP contribution is -2.32. The fraction of sp³-hybridized carbons (Fsp3) is 0.778. The zero-order valence-electron chi connectivity index (χ0n) is 9.17. The molecule has 0 amide bonds. The quantitative estimate of drug-likeness (QED) is 0.914. The van der Waals surface area contributed by atoms with Crippen LogP contribution in [0.15, 0.2) is 0 Å². The van der Waals surface area contributed by atoms with E-state index in [4.69, 9.17) is 4.74 Å². The molecule has 0 aliphatic carbocycles. The Balaban J connectivity index is 1.93. The average Bonchev–Trinajstić information content (AvgIpc) is 2.83. The van der Waals surface area contributed by atoms with Crippen molar-refractivity contribution < 1.29 is 17.9 Å². The molecule has 1 aliphatic rings. The molecule has 1 saturated heterocycles. The Morgan fingerprint density at radius 3 is 2.76 bits per heavy atom. The van der Waals surface area contributed by atoms with E-state index in [0.717, 1.165) is 12.8 Å². The van der Waals surface area contributed by atoms with Gasteiger partial charge >= 0.3 is 6.18 Å². The monoisotopic (exact) mass is 267 g/mol. The third kappa shape index (κ3) is 3.06. The van der Waals surface area contributed by atoms with Gasteiger partial charge in [0.2, 0.25) is 10.1 Å². The molecule has 1 aromatic heterocycles. The van der Waals surface area contributed by atoms with Gasteiger partial charge in [-0.25, -0.2) is 0 Å². The molecule has 0 aromatic carbocycles. The number of nitrogens with one attached hydrogen (secondary N) is 1. The van der Waals surface area contributed by atoms with Crippen molar-refractivity contribution in [1.82, 2.24) is 10.2 Å². The van der Waals surface area contributed by atoms with Crippen molar-refractivity contribution in [3.63, 3.8) is 0 Å². The van der Waals surface area contributed by atoms with Gasteiger partial charge in [0, 0.05) is 13.2 Å². The van der Waals surface area contributed by atoms with Gasteiger partial charge in [0.15, 0.2) is 0 Å². The highest BCUT2D eigenvalue weighted by Crippen LogP contribution is 2.33. The van der Waals surface area contributed by atoms with Crippen molar-refractivity contribution in [2.24, 2.45) is 0 Å². The van der Waals surface area contributed by atoms with E-state index in [9.17, 15) is 13.2 Å². The first-order valence-corrected chi connectivity index (χ1v) is 5.99. The molecule has 1 fully saturated rings. The van der Waals surface area contributed by atoms with Crippen LogP contribution in [0.3, 0.4) is 0 Å². The lowest BCUT2D eigenvalue weighted by Gasteiger charge is -2.22. The lowest BCUT2D eigenvalue weighted by molar-refractivity contribution is -0.138. The summed E-state index contributed by atoms with van der Waals surface area (Å²) in [5.74, 6) is 0. The number of alkyl halides is 3. The van der Waals surface area contributed by atoms with Crippen molar-refractivity contribution in [2.75, 3.05) is 18.5 Å². The lowest BCUT2D eigenvalue weighted by atomic mass is 10.0. The van der Waals surface area contributed by atoms with Crippen LogP contribution in [0.2, 0.25) is 0 Å². The topological polar surface area (TPSA) is 47.0 Å². The number of aromatic nitrogens is 2. The van der Waals surface area contributed by atoms with Crippen LogP contribution in [0.25, 0.3) is 0 Å². The molecule has 96 valence electrons. The van der Waals surface area contributed by atoms with Crippen LogP contribution in [0.5, 0.6) is 0 Å². The first-order valence-electron chi connectivity index (χ1n) is 5.18. The second kappa shape index (κ2) is 4.41. The zero-order valence-corrected chi connectivity index (χ0v) is 9.99. The Labute approximate surface area is 100 Å². The number of ether oxygens (including phenoxy) is 1. The van der Waals surface area contributed by atoms with Gasteiger partial charge in [0.25, 0.3) is 0 Å². The highest BCUT2D eigenvalue weighted by atomic mass is 32.1. The van der Waals surface area contributed by atoms with Gasteiger partial charge in [0.05, 0.1) is 5.60 Å². The molecular formula is C9H12F3N3OS. The first-order chi connectivity index (χ1) is 7.89. The minimum absolute atomic E-state index is 0.175. The summed E-state index contributed by atoms with van der Waals surface area (Å²) < 4.78 is 42.3. The number of hydrogen-bond acceptors (Lipinski definition) is 5. The van der Waals surface area contributed by atoms with Gasteiger partial charge in [-0.1, -0.05) is 11.3 Å². The summed E-state index contributed by atoms with van der Waals surface area (Å²) in [6.07, 6.45) is -2.56. The maximum absolute atomic E-state index is 12.3. The largest absolute Gasteiger partial charge is 0.445 e. The standard InChI is InChI=1S/C9H12F3N3OS/c1-8(3-2-4-16-8)5-13-7-15-14-6(17-7)9(10,11)12/h2-5H2,1H3,(H,13,15). The molecule has 1 aromatic rings. The van der Waals surface area contributed by atoms with Gasteiger partial charge in [-0.2, -0.15) is 13.2 Å². The molecule has 1 unspecified atom stereocenters. The minimum Gasteiger partial charge on any atom is -0.373 e. The van der Waals surface area contributed by atoms with E-state index >= 15 is 0 Å². The summed E-state index contributed by atoms with van der Waals surface area (Å²) in [5.41, 5.74) is -0.315. The Bertz CT molecular complexity index is 387. The maximum Gasteiger partial charge on any atom is 0.445 e. The SMILES string of the molecule is CC1(CNc2nnc(C(F)(F)F)s2)CCCO1. The smallest absolute Gasteiger partial charge is 0.373 e. The maximum atomic E-state index is 12.3. The van der Waals surface area contributed by atoms with Gasteiger partial charge in [-0.05, 0) is 19.8 Å².